The lowest BCUT2D eigenvalue weighted by Gasteiger charge is -2.21. The molecule has 3 N–H and O–H groups in total. The zero-order valence-corrected chi connectivity index (χ0v) is 12.2. The number of likely N-dealkylation sites (N-methyl/N-ethyl adjacent to an activating group) is 1. The molecule has 0 aromatic heterocycles. The van der Waals surface area contributed by atoms with Crippen molar-refractivity contribution in [2.45, 2.75) is 36.7 Å². The number of nitrogens with one attached hydrogen (secondary N) is 1. The molecule has 5 nitrogen and oxygen atoms in total. The second-order valence-corrected chi connectivity index (χ2v) is 6.96. The molecule has 0 radical (unpaired) electrons. The van der Waals surface area contributed by atoms with Crippen molar-refractivity contribution in [1.29, 1.82) is 0 Å². The van der Waals surface area contributed by atoms with Crippen molar-refractivity contribution < 1.29 is 8.42 Å². The van der Waals surface area contributed by atoms with Gasteiger partial charge in [-0.15, -0.1) is 0 Å². The van der Waals surface area contributed by atoms with Gasteiger partial charge in [0, 0.05) is 31.4 Å². The molecule has 0 aliphatic heterocycles. The summed E-state index contributed by atoms with van der Waals surface area (Å²) in [4.78, 5) is 2.33. The van der Waals surface area contributed by atoms with Crippen LogP contribution in [0.5, 0.6) is 0 Å². The lowest BCUT2D eigenvalue weighted by molar-refractivity contribution is 0.581. The average molecular weight is 283 g/mol. The molecule has 0 amide bonds. The minimum atomic E-state index is -3.36. The van der Waals surface area contributed by atoms with Crippen LogP contribution < -0.4 is 15.4 Å². The maximum Gasteiger partial charge on any atom is 0.240 e. The number of hydrogen-bond acceptors (Lipinski definition) is 4. The number of nitrogens with zero attached hydrogens (tertiary/aromatic N) is 1. The van der Waals surface area contributed by atoms with Crippen LogP contribution in [0.2, 0.25) is 0 Å². The third-order valence-corrected chi connectivity index (χ3v) is 4.59. The molecule has 1 fully saturated rings. The normalized spacial score (nSPS) is 17.2. The summed E-state index contributed by atoms with van der Waals surface area (Å²) in [6, 6.07) is 7.10. The Kier molecular flexibility index (Phi) is 4.13. The molecule has 1 aromatic rings. The Morgan fingerprint density at radius 3 is 2.42 bits per heavy atom. The SMILES string of the molecule is CC(N)CN(C)c1ccc(S(=O)(=O)NC2CC2)cc1. The predicted molar refractivity (Wildman–Crippen MR) is 76.7 cm³/mol. The molecule has 1 aliphatic rings. The maximum atomic E-state index is 12.0. The molecule has 1 unspecified atom stereocenters. The van der Waals surface area contributed by atoms with E-state index >= 15 is 0 Å². The molecule has 1 aromatic carbocycles. The van der Waals surface area contributed by atoms with Crippen molar-refractivity contribution in [1.82, 2.24) is 4.72 Å². The fraction of sp³-hybridized carbons (Fsp3) is 0.538. The van der Waals surface area contributed by atoms with Crippen molar-refractivity contribution in [3.63, 3.8) is 0 Å². The number of hydrogen-bond donors (Lipinski definition) is 2. The number of anilines is 1. The lowest BCUT2D eigenvalue weighted by Crippen LogP contribution is -2.32. The highest BCUT2D eigenvalue weighted by Gasteiger charge is 2.27. The van der Waals surface area contributed by atoms with E-state index in [1.165, 1.54) is 0 Å². The third kappa shape index (κ3) is 3.92. The Balaban J connectivity index is 2.09. The second kappa shape index (κ2) is 5.48. The standard InChI is InChI=1S/C13H21N3O2S/c1-10(14)9-16(2)12-5-7-13(8-6-12)19(17,18)15-11-3-4-11/h5-8,10-11,15H,3-4,9,14H2,1-2H3. The minimum absolute atomic E-state index is 0.0740. The van der Waals surface area contributed by atoms with E-state index in [1.54, 1.807) is 12.1 Å². The molecular weight excluding hydrogens is 262 g/mol. The Bertz CT molecular complexity index is 521. The van der Waals surface area contributed by atoms with E-state index in [-0.39, 0.29) is 12.1 Å². The van der Waals surface area contributed by atoms with Gasteiger partial charge in [-0.1, -0.05) is 0 Å². The molecule has 0 spiro atoms. The van der Waals surface area contributed by atoms with Crippen LogP contribution in [-0.4, -0.2) is 34.1 Å². The molecule has 0 saturated heterocycles. The minimum Gasteiger partial charge on any atom is -0.373 e. The van der Waals surface area contributed by atoms with Gasteiger partial charge < -0.3 is 10.6 Å². The van der Waals surface area contributed by atoms with Gasteiger partial charge in [0.2, 0.25) is 10.0 Å². The summed E-state index contributed by atoms with van der Waals surface area (Å²) in [5.74, 6) is 0. The zero-order chi connectivity index (χ0) is 14.0. The van der Waals surface area contributed by atoms with Crippen LogP contribution in [0.1, 0.15) is 19.8 Å². The lowest BCUT2D eigenvalue weighted by atomic mass is 10.2. The van der Waals surface area contributed by atoms with Gasteiger partial charge in [-0.2, -0.15) is 0 Å². The van der Waals surface area contributed by atoms with Crippen LogP contribution in [0, 0.1) is 0 Å². The van der Waals surface area contributed by atoms with E-state index in [4.69, 9.17) is 5.73 Å². The smallest absolute Gasteiger partial charge is 0.240 e. The van der Waals surface area contributed by atoms with Gasteiger partial charge in [0.05, 0.1) is 4.90 Å². The fourth-order valence-electron chi connectivity index (χ4n) is 1.91. The molecule has 2 rings (SSSR count). The van der Waals surface area contributed by atoms with Gasteiger partial charge in [-0.05, 0) is 44.0 Å². The van der Waals surface area contributed by atoms with Gasteiger partial charge in [0.1, 0.15) is 0 Å². The largest absolute Gasteiger partial charge is 0.373 e. The summed E-state index contributed by atoms with van der Waals surface area (Å²) < 4.78 is 26.7. The van der Waals surface area contributed by atoms with Crippen LogP contribution in [0.15, 0.2) is 29.2 Å². The monoisotopic (exact) mass is 283 g/mol. The van der Waals surface area contributed by atoms with E-state index in [1.807, 2.05) is 31.0 Å². The average Bonchev–Trinajstić information content (AvgIpc) is 3.11. The summed E-state index contributed by atoms with van der Waals surface area (Å²) in [6.45, 7) is 2.67. The summed E-state index contributed by atoms with van der Waals surface area (Å²) in [6.07, 6.45) is 1.88. The van der Waals surface area contributed by atoms with E-state index in [2.05, 4.69) is 4.72 Å². The molecule has 19 heavy (non-hydrogen) atoms. The second-order valence-electron chi connectivity index (χ2n) is 5.25. The molecule has 6 heteroatoms. The summed E-state index contributed by atoms with van der Waals surface area (Å²) in [5.41, 5.74) is 6.70. The quantitative estimate of drug-likeness (QED) is 0.814. The van der Waals surface area contributed by atoms with Crippen molar-refractivity contribution in [2.75, 3.05) is 18.5 Å². The van der Waals surface area contributed by atoms with Crippen molar-refractivity contribution in [2.24, 2.45) is 5.73 Å². The van der Waals surface area contributed by atoms with Gasteiger partial charge in [-0.25, -0.2) is 13.1 Å². The molecule has 106 valence electrons. The highest BCUT2D eigenvalue weighted by molar-refractivity contribution is 7.89. The van der Waals surface area contributed by atoms with Crippen LogP contribution >= 0.6 is 0 Å². The first-order valence-corrected chi connectivity index (χ1v) is 7.96. The molecule has 1 aliphatic carbocycles. The Hall–Kier alpha value is -1.11. The van der Waals surface area contributed by atoms with Gasteiger partial charge in [0.15, 0.2) is 0 Å². The molecular formula is C13H21N3O2S. The highest BCUT2D eigenvalue weighted by atomic mass is 32.2. The van der Waals surface area contributed by atoms with Crippen molar-refractivity contribution in [3.8, 4) is 0 Å². The fourth-order valence-corrected chi connectivity index (χ4v) is 3.21. The van der Waals surface area contributed by atoms with Crippen LogP contribution in [0.25, 0.3) is 0 Å². The molecule has 0 bridgehead atoms. The maximum absolute atomic E-state index is 12.0. The van der Waals surface area contributed by atoms with Crippen LogP contribution in [0.3, 0.4) is 0 Å². The number of sulfonamides is 1. The summed E-state index contributed by atoms with van der Waals surface area (Å²) in [7, 11) is -1.42. The number of rotatable bonds is 6. The van der Waals surface area contributed by atoms with E-state index in [9.17, 15) is 8.42 Å². The molecule has 1 atom stereocenters. The summed E-state index contributed by atoms with van der Waals surface area (Å²) >= 11 is 0. The van der Waals surface area contributed by atoms with Gasteiger partial charge in [-0.3, -0.25) is 0 Å². The summed E-state index contributed by atoms with van der Waals surface area (Å²) in [5, 5.41) is 0. The number of benzene rings is 1. The van der Waals surface area contributed by atoms with Crippen LogP contribution in [-0.2, 0) is 10.0 Å². The first kappa shape index (κ1) is 14.3. The Morgan fingerprint density at radius 1 is 1.37 bits per heavy atom. The first-order chi connectivity index (χ1) is 8.88. The van der Waals surface area contributed by atoms with Gasteiger partial charge in [0.25, 0.3) is 0 Å². The Morgan fingerprint density at radius 2 is 1.95 bits per heavy atom. The zero-order valence-electron chi connectivity index (χ0n) is 11.3. The highest BCUT2D eigenvalue weighted by Crippen LogP contribution is 2.23. The van der Waals surface area contributed by atoms with E-state index in [0.717, 1.165) is 25.1 Å². The number of nitrogens with two attached hydrogens (primary N) is 1. The van der Waals surface area contributed by atoms with Crippen molar-refractivity contribution >= 4 is 15.7 Å². The first-order valence-electron chi connectivity index (χ1n) is 6.47. The topological polar surface area (TPSA) is 75.4 Å². The van der Waals surface area contributed by atoms with Crippen LogP contribution in [0.4, 0.5) is 5.69 Å². The van der Waals surface area contributed by atoms with Gasteiger partial charge >= 0.3 is 0 Å². The molecule has 0 heterocycles. The predicted octanol–water partition coefficient (Wildman–Crippen LogP) is 0.911. The van der Waals surface area contributed by atoms with E-state index in [0.29, 0.717) is 4.90 Å². The van der Waals surface area contributed by atoms with Crippen molar-refractivity contribution in [3.05, 3.63) is 24.3 Å². The Labute approximate surface area is 114 Å². The molecule has 1 saturated carbocycles. The third-order valence-electron chi connectivity index (χ3n) is 3.05. The van der Waals surface area contributed by atoms with E-state index < -0.39 is 10.0 Å².